The molecule has 2 nitrogen and oxygen atoms in total. The summed E-state index contributed by atoms with van der Waals surface area (Å²) in [7, 11) is 0. The molecule has 0 saturated heterocycles. The number of fused-ring (bicyclic) bond motifs is 1. The summed E-state index contributed by atoms with van der Waals surface area (Å²) in [4.78, 5) is 11.3. The van der Waals surface area contributed by atoms with E-state index in [1.165, 1.54) is 0 Å². The van der Waals surface area contributed by atoms with E-state index < -0.39 is 0 Å². The zero-order valence-electron chi connectivity index (χ0n) is 11.8. The fourth-order valence-electron chi connectivity index (χ4n) is 1.99. The minimum absolute atomic E-state index is 0.234. The highest BCUT2D eigenvalue weighted by Gasteiger charge is 2.12. The van der Waals surface area contributed by atoms with Crippen molar-refractivity contribution >= 4 is 17.1 Å². The highest BCUT2D eigenvalue weighted by atomic mass is 16.5. The van der Waals surface area contributed by atoms with Gasteiger partial charge in [-0.3, -0.25) is 4.79 Å². The molecule has 2 aromatic carbocycles. The first-order valence-corrected chi connectivity index (χ1v) is 6.61. The van der Waals surface area contributed by atoms with Crippen LogP contribution in [0.25, 0.3) is 10.8 Å². The molecule has 0 amide bonds. The number of aldehydes is 1. The predicted molar refractivity (Wildman–Crippen MR) is 78.9 cm³/mol. The summed E-state index contributed by atoms with van der Waals surface area (Å²) < 4.78 is 5.78. The summed E-state index contributed by atoms with van der Waals surface area (Å²) in [6.45, 7) is 7.16. The van der Waals surface area contributed by atoms with Crippen LogP contribution >= 0.6 is 0 Å². The minimum Gasteiger partial charge on any atom is -0.493 e. The van der Waals surface area contributed by atoms with E-state index >= 15 is 0 Å². The zero-order chi connectivity index (χ0) is 13.9. The SMILES string of the molecule is CC(C)(C)CCOc1ccc2ccccc2c1C=O. The van der Waals surface area contributed by atoms with E-state index in [0.717, 1.165) is 23.5 Å². The normalized spacial score (nSPS) is 11.5. The van der Waals surface area contributed by atoms with Crippen LogP contribution in [0, 0.1) is 5.41 Å². The molecular weight excluding hydrogens is 236 g/mol. The average molecular weight is 256 g/mol. The van der Waals surface area contributed by atoms with Gasteiger partial charge in [0.1, 0.15) is 5.75 Å². The number of carbonyl (C=O) groups is 1. The Bertz CT molecular complexity index is 579. The Morgan fingerprint density at radius 2 is 1.84 bits per heavy atom. The first-order valence-electron chi connectivity index (χ1n) is 6.61. The van der Waals surface area contributed by atoms with E-state index in [2.05, 4.69) is 20.8 Å². The van der Waals surface area contributed by atoms with Crippen LogP contribution in [0.4, 0.5) is 0 Å². The maximum Gasteiger partial charge on any atom is 0.154 e. The molecule has 19 heavy (non-hydrogen) atoms. The first kappa shape index (κ1) is 13.6. The standard InChI is InChI=1S/C17H20O2/c1-17(2,3)10-11-19-16-9-8-13-6-4-5-7-14(13)15(16)12-18/h4-9,12H,10-11H2,1-3H3. The predicted octanol–water partition coefficient (Wildman–Crippen LogP) is 4.47. The fraction of sp³-hybridized carbons (Fsp3) is 0.353. The maximum absolute atomic E-state index is 11.3. The van der Waals surface area contributed by atoms with Crippen LogP contribution in [0.1, 0.15) is 37.6 Å². The van der Waals surface area contributed by atoms with Crippen LogP contribution in [-0.2, 0) is 0 Å². The van der Waals surface area contributed by atoms with Crippen molar-refractivity contribution in [3.8, 4) is 5.75 Å². The molecule has 0 fully saturated rings. The molecule has 0 heterocycles. The Morgan fingerprint density at radius 1 is 1.11 bits per heavy atom. The van der Waals surface area contributed by atoms with Gasteiger partial charge in [-0.15, -0.1) is 0 Å². The molecule has 0 spiro atoms. The summed E-state index contributed by atoms with van der Waals surface area (Å²) in [5.41, 5.74) is 0.880. The van der Waals surface area contributed by atoms with Gasteiger partial charge in [0.05, 0.1) is 12.2 Å². The average Bonchev–Trinajstić information content (AvgIpc) is 2.37. The van der Waals surface area contributed by atoms with Gasteiger partial charge in [0.2, 0.25) is 0 Å². The Labute approximate surface area is 114 Å². The number of hydrogen-bond acceptors (Lipinski definition) is 2. The van der Waals surface area contributed by atoms with Gasteiger partial charge in [-0.2, -0.15) is 0 Å². The van der Waals surface area contributed by atoms with Gasteiger partial charge in [-0.25, -0.2) is 0 Å². The van der Waals surface area contributed by atoms with E-state index in [1.54, 1.807) is 0 Å². The summed E-state index contributed by atoms with van der Waals surface area (Å²) in [6, 6.07) is 11.7. The fourth-order valence-corrected chi connectivity index (χ4v) is 1.99. The molecule has 0 aliphatic rings. The van der Waals surface area contributed by atoms with Gasteiger partial charge >= 0.3 is 0 Å². The van der Waals surface area contributed by atoms with E-state index in [0.29, 0.717) is 17.9 Å². The summed E-state index contributed by atoms with van der Waals surface area (Å²) >= 11 is 0. The van der Waals surface area contributed by atoms with Crippen molar-refractivity contribution < 1.29 is 9.53 Å². The Balaban J connectivity index is 2.26. The van der Waals surface area contributed by atoms with Crippen LogP contribution in [0.15, 0.2) is 36.4 Å². The third-order valence-electron chi connectivity index (χ3n) is 3.16. The molecular formula is C17H20O2. The van der Waals surface area contributed by atoms with E-state index in [1.807, 2.05) is 36.4 Å². The monoisotopic (exact) mass is 256 g/mol. The molecule has 2 heteroatoms. The summed E-state index contributed by atoms with van der Waals surface area (Å²) in [5, 5.41) is 2.01. The lowest BCUT2D eigenvalue weighted by Crippen LogP contribution is -2.11. The number of rotatable bonds is 4. The second-order valence-corrected chi connectivity index (χ2v) is 5.98. The first-order chi connectivity index (χ1) is 9.01. The third kappa shape index (κ3) is 3.34. The second-order valence-electron chi connectivity index (χ2n) is 5.98. The van der Waals surface area contributed by atoms with Crippen LogP contribution in [-0.4, -0.2) is 12.9 Å². The second kappa shape index (κ2) is 5.43. The molecule has 0 N–H and O–H groups in total. The Kier molecular flexibility index (Phi) is 3.89. The lowest BCUT2D eigenvalue weighted by atomic mass is 9.93. The highest BCUT2D eigenvalue weighted by molar-refractivity contribution is 6.00. The van der Waals surface area contributed by atoms with Gasteiger partial charge in [0.25, 0.3) is 0 Å². The smallest absolute Gasteiger partial charge is 0.154 e. The van der Waals surface area contributed by atoms with Gasteiger partial charge < -0.3 is 4.74 Å². The number of ether oxygens (including phenoxy) is 1. The Morgan fingerprint density at radius 3 is 2.53 bits per heavy atom. The van der Waals surface area contributed by atoms with Crippen LogP contribution in [0.3, 0.4) is 0 Å². The number of hydrogen-bond donors (Lipinski definition) is 0. The zero-order valence-corrected chi connectivity index (χ0v) is 11.8. The van der Waals surface area contributed by atoms with Crippen molar-refractivity contribution in [1.82, 2.24) is 0 Å². The third-order valence-corrected chi connectivity index (χ3v) is 3.16. The Hall–Kier alpha value is -1.83. The van der Waals surface area contributed by atoms with Gasteiger partial charge in [0.15, 0.2) is 6.29 Å². The van der Waals surface area contributed by atoms with Crippen molar-refractivity contribution in [1.29, 1.82) is 0 Å². The topological polar surface area (TPSA) is 26.3 Å². The van der Waals surface area contributed by atoms with Gasteiger partial charge in [-0.1, -0.05) is 51.1 Å². The van der Waals surface area contributed by atoms with Crippen molar-refractivity contribution in [2.45, 2.75) is 27.2 Å². The van der Waals surface area contributed by atoms with Crippen molar-refractivity contribution in [2.75, 3.05) is 6.61 Å². The maximum atomic E-state index is 11.3. The molecule has 0 bridgehead atoms. The molecule has 0 aliphatic carbocycles. The van der Waals surface area contributed by atoms with E-state index in [9.17, 15) is 4.79 Å². The molecule has 0 aliphatic heterocycles. The van der Waals surface area contributed by atoms with Crippen molar-refractivity contribution in [2.24, 2.45) is 5.41 Å². The minimum atomic E-state index is 0.234. The number of benzene rings is 2. The molecule has 100 valence electrons. The van der Waals surface area contributed by atoms with Crippen molar-refractivity contribution in [3.05, 3.63) is 42.0 Å². The molecule has 0 unspecified atom stereocenters. The van der Waals surface area contributed by atoms with Crippen LogP contribution in [0.2, 0.25) is 0 Å². The molecule has 0 radical (unpaired) electrons. The largest absolute Gasteiger partial charge is 0.493 e. The van der Waals surface area contributed by atoms with Gasteiger partial charge in [-0.05, 0) is 28.7 Å². The molecule has 0 aromatic heterocycles. The van der Waals surface area contributed by atoms with E-state index in [4.69, 9.17) is 4.74 Å². The lowest BCUT2D eigenvalue weighted by molar-refractivity contribution is 0.112. The summed E-state index contributed by atoms with van der Waals surface area (Å²) in [6.07, 6.45) is 1.84. The van der Waals surface area contributed by atoms with Gasteiger partial charge in [0, 0.05) is 0 Å². The highest BCUT2D eigenvalue weighted by Crippen LogP contribution is 2.27. The molecule has 0 atom stereocenters. The molecule has 0 saturated carbocycles. The molecule has 2 aromatic rings. The van der Waals surface area contributed by atoms with Crippen molar-refractivity contribution in [3.63, 3.8) is 0 Å². The lowest BCUT2D eigenvalue weighted by Gasteiger charge is -2.18. The van der Waals surface area contributed by atoms with Crippen LogP contribution < -0.4 is 4.74 Å². The number of carbonyl (C=O) groups excluding carboxylic acids is 1. The molecule has 2 rings (SSSR count). The van der Waals surface area contributed by atoms with E-state index in [-0.39, 0.29) is 5.41 Å². The summed E-state index contributed by atoms with van der Waals surface area (Å²) in [5.74, 6) is 0.679. The van der Waals surface area contributed by atoms with Crippen LogP contribution in [0.5, 0.6) is 5.75 Å². The quantitative estimate of drug-likeness (QED) is 0.754.